The minimum absolute atomic E-state index is 0.0228. The molecule has 1 aliphatic heterocycles. The number of anilines is 1. The number of hydrogen-bond donors (Lipinski definition) is 2. The van der Waals surface area contributed by atoms with Crippen LogP contribution >= 0.6 is 0 Å². The number of aromatic nitrogens is 2. The first-order valence-corrected chi connectivity index (χ1v) is 7.30. The molecule has 0 spiro atoms. The summed E-state index contributed by atoms with van der Waals surface area (Å²) in [6.07, 6.45) is 0.585. The minimum Gasteiger partial charge on any atom is -0.406 e. The van der Waals surface area contributed by atoms with E-state index in [0.717, 1.165) is 0 Å². The van der Waals surface area contributed by atoms with Gasteiger partial charge in [-0.1, -0.05) is 5.10 Å². The van der Waals surface area contributed by atoms with Crippen molar-refractivity contribution >= 4 is 15.9 Å². The summed E-state index contributed by atoms with van der Waals surface area (Å²) in [6.45, 7) is 1.90. The van der Waals surface area contributed by atoms with Crippen LogP contribution in [0.1, 0.15) is 25.3 Å². The molecule has 0 amide bonds. The van der Waals surface area contributed by atoms with E-state index in [1.807, 2.05) is 6.92 Å². The molecule has 2 heterocycles. The molecular weight excluding hydrogens is 244 g/mol. The predicted molar refractivity (Wildman–Crippen MR) is 62.5 cm³/mol. The van der Waals surface area contributed by atoms with Gasteiger partial charge < -0.3 is 15.1 Å². The van der Waals surface area contributed by atoms with Crippen LogP contribution in [-0.4, -0.2) is 43.2 Å². The average molecular weight is 260 g/mol. The molecule has 1 fully saturated rings. The quantitative estimate of drug-likeness (QED) is 0.783. The van der Waals surface area contributed by atoms with Gasteiger partial charge in [-0.3, -0.25) is 0 Å². The Morgan fingerprint density at radius 3 is 2.82 bits per heavy atom. The molecule has 1 saturated heterocycles. The van der Waals surface area contributed by atoms with E-state index in [1.54, 1.807) is 7.05 Å². The Hall–Kier alpha value is -1.15. The molecule has 0 aromatic carbocycles. The van der Waals surface area contributed by atoms with Gasteiger partial charge in [0.15, 0.2) is 9.84 Å². The van der Waals surface area contributed by atoms with E-state index in [0.29, 0.717) is 12.3 Å². The van der Waals surface area contributed by atoms with Crippen LogP contribution in [-0.2, 0) is 9.84 Å². The molecule has 0 radical (unpaired) electrons. The van der Waals surface area contributed by atoms with Crippen molar-refractivity contribution in [1.82, 2.24) is 15.5 Å². The first kappa shape index (κ1) is 12.3. The number of nitrogens with one attached hydrogen (secondary N) is 2. The lowest BCUT2D eigenvalue weighted by Crippen LogP contribution is -2.20. The summed E-state index contributed by atoms with van der Waals surface area (Å²) in [5.74, 6) is 0.834. The van der Waals surface area contributed by atoms with Crippen LogP contribution in [0.15, 0.2) is 4.42 Å². The van der Waals surface area contributed by atoms with E-state index >= 15 is 0 Å². The lowest BCUT2D eigenvalue weighted by molar-refractivity contribution is 0.439. The minimum atomic E-state index is -2.89. The van der Waals surface area contributed by atoms with Crippen LogP contribution in [0, 0.1) is 0 Å². The third-order valence-electron chi connectivity index (χ3n) is 2.80. The van der Waals surface area contributed by atoms with Crippen LogP contribution in [0.25, 0.3) is 0 Å². The van der Waals surface area contributed by atoms with Gasteiger partial charge in [-0.05, 0) is 20.4 Å². The lowest BCUT2D eigenvalue weighted by atomic mass is 10.3. The Bertz CT molecular complexity index is 484. The summed E-state index contributed by atoms with van der Waals surface area (Å²) in [7, 11) is -1.10. The fourth-order valence-electron chi connectivity index (χ4n) is 1.67. The summed E-state index contributed by atoms with van der Waals surface area (Å²) in [5.41, 5.74) is 0. The van der Waals surface area contributed by atoms with Crippen molar-refractivity contribution in [3.05, 3.63) is 5.89 Å². The maximum Gasteiger partial charge on any atom is 0.315 e. The Balaban J connectivity index is 1.98. The Labute approximate surface area is 99.9 Å². The molecule has 96 valence electrons. The Morgan fingerprint density at radius 2 is 2.24 bits per heavy atom. The number of sulfone groups is 1. The van der Waals surface area contributed by atoms with E-state index < -0.39 is 9.84 Å². The largest absolute Gasteiger partial charge is 0.406 e. The average Bonchev–Trinajstić information content (AvgIpc) is 2.85. The van der Waals surface area contributed by atoms with Crippen molar-refractivity contribution in [1.29, 1.82) is 0 Å². The monoisotopic (exact) mass is 260 g/mol. The smallest absolute Gasteiger partial charge is 0.315 e. The molecule has 7 nitrogen and oxygen atoms in total. The highest BCUT2D eigenvalue weighted by atomic mass is 32.2. The maximum absolute atomic E-state index is 11.3. The Morgan fingerprint density at radius 1 is 1.47 bits per heavy atom. The maximum atomic E-state index is 11.3. The Kier molecular flexibility index (Phi) is 3.34. The third-order valence-corrected chi connectivity index (χ3v) is 4.57. The molecule has 2 N–H and O–H groups in total. The van der Waals surface area contributed by atoms with Crippen LogP contribution in [0.5, 0.6) is 0 Å². The van der Waals surface area contributed by atoms with Crippen molar-refractivity contribution in [2.75, 3.05) is 23.9 Å². The molecule has 0 saturated carbocycles. The molecule has 2 atom stereocenters. The molecule has 1 aromatic heterocycles. The normalized spacial score (nSPS) is 24.7. The number of rotatable bonds is 4. The van der Waals surface area contributed by atoms with Crippen molar-refractivity contribution in [3.63, 3.8) is 0 Å². The van der Waals surface area contributed by atoms with Crippen molar-refractivity contribution in [2.24, 2.45) is 0 Å². The zero-order valence-corrected chi connectivity index (χ0v) is 10.6. The molecule has 0 bridgehead atoms. The van der Waals surface area contributed by atoms with Gasteiger partial charge in [-0.25, -0.2) is 8.42 Å². The fraction of sp³-hybridized carbons (Fsp3) is 0.778. The topological polar surface area (TPSA) is 97.1 Å². The van der Waals surface area contributed by atoms with Gasteiger partial charge in [0.25, 0.3) is 0 Å². The molecule has 1 aromatic rings. The highest BCUT2D eigenvalue weighted by molar-refractivity contribution is 7.91. The van der Waals surface area contributed by atoms with Crippen molar-refractivity contribution < 1.29 is 12.8 Å². The van der Waals surface area contributed by atoms with E-state index in [4.69, 9.17) is 4.42 Å². The number of hydrogen-bond acceptors (Lipinski definition) is 7. The lowest BCUT2D eigenvalue weighted by Gasteiger charge is -2.07. The van der Waals surface area contributed by atoms with E-state index in [9.17, 15) is 8.42 Å². The van der Waals surface area contributed by atoms with Gasteiger partial charge in [0.2, 0.25) is 5.89 Å². The van der Waals surface area contributed by atoms with Crippen molar-refractivity contribution in [3.8, 4) is 0 Å². The van der Waals surface area contributed by atoms with Gasteiger partial charge in [0.05, 0.1) is 17.5 Å². The zero-order valence-electron chi connectivity index (χ0n) is 9.80. The van der Waals surface area contributed by atoms with E-state index in [2.05, 4.69) is 20.8 Å². The van der Waals surface area contributed by atoms with E-state index in [-0.39, 0.29) is 29.6 Å². The summed E-state index contributed by atoms with van der Waals surface area (Å²) in [6, 6.07) is 0.132. The molecule has 17 heavy (non-hydrogen) atoms. The summed E-state index contributed by atoms with van der Waals surface area (Å²) in [5, 5.41) is 13.6. The molecule has 0 aliphatic carbocycles. The van der Waals surface area contributed by atoms with Gasteiger partial charge in [-0.2, -0.15) is 0 Å². The molecule has 8 heteroatoms. The van der Waals surface area contributed by atoms with E-state index in [1.165, 1.54) is 0 Å². The second-order valence-corrected chi connectivity index (χ2v) is 6.43. The number of nitrogens with zero attached hydrogens (tertiary/aromatic N) is 2. The van der Waals surface area contributed by atoms with Crippen molar-refractivity contribution in [2.45, 2.75) is 25.4 Å². The molecule has 2 rings (SSSR count). The van der Waals surface area contributed by atoms with Crippen LogP contribution < -0.4 is 10.6 Å². The highest BCUT2D eigenvalue weighted by Gasteiger charge is 2.29. The third kappa shape index (κ3) is 2.95. The molecular formula is C9H16N4O3S. The van der Waals surface area contributed by atoms with Crippen LogP contribution in [0.2, 0.25) is 0 Å². The standard InChI is InChI=1S/C9H16N4O3S/c1-6(10-2)8-12-13-9(16-8)11-7-3-4-17(14,15)5-7/h6-7,10H,3-5H2,1-2H3,(H,11,13). The first-order chi connectivity index (χ1) is 8.00. The van der Waals surface area contributed by atoms with Gasteiger partial charge >= 0.3 is 6.01 Å². The van der Waals surface area contributed by atoms with Gasteiger partial charge in [0, 0.05) is 6.04 Å². The summed E-state index contributed by atoms with van der Waals surface area (Å²) < 4.78 is 27.9. The van der Waals surface area contributed by atoms with Gasteiger partial charge in [0.1, 0.15) is 0 Å². The zero-order chi connectivity index (χ0) is 12.5. The summed E-state index contributed by atoms with van der Waals surface area (Å²) >= 11 is 0. The van der Waals surface area contributed by atoms with Gasteiger partial charge in [-0.15, -0.1) is 5.10 Å². The highest BCUT2D eigenvalue weighted by Crippen LogP contribution is 2.18. The second-order valence-electron chi connectivity index (χ2n) is 4.20. The first-order valence-electron chi connectivity index (χ1n) is 5.48. The predicted octanol–water partition coefficient (Wildman–Crippen LogP) is -0.0510. The van der Waals surface area contributed by atoms with Crippen LogP contribution in [0.4, 0.5) is 6.01 Å². The SMILES string of the molecule is CNC(C)c1nnc(NC2CCS(=O)(=O)C2)o1. The fourth-order valence-corrected chi connectivity index (χ4v) is 3.35. The molecule has 2 unspecified atom stereocenters. The second kappa shape index (κ2) is 4.61. The van der Waals surface area contributed by atoms with Crippen LogP contribution in [0.3, 0.4) is 0 Å². The molecule has 1 aliphatic rings. The summed E-state index contributed by atoms with van der Waals surface area (Å²) in [4.78, 5) is 0.